The Labute approximate surface area is 182 Å². The van der Waals surface area contributed by atoms with Gasteiger partial charge in [0.15, 0.2) is 11.5 Å². The number of hydrogen-bond acceptors (Lipinski definition) is 6. The molecule has 1 saturated heterocycles. The van der Waals surface area contributed by atoms with Crippen LogP contribution in [0.15, 0.2) is 75.7 Å². The van der Waals surface area contributed by atoms with Crippen LogP contribution >= 0.6 is 12.2 Å². The Bertz CT molecular complexity index is 1150. The molecule has 1 aromatic heterocycles. The molecular formula is C22H17N3O5S. The van der Waals surface area contributed by atoms with Crippen molar-refractivity contribution >= 4 is 34.9 Å². The number of thiocarbonyl (C=S) groups is 1. The zero-order valence-electron chi connectivity index (χ0n) is 16.2. The summed E-state index contributed by atoms with van der Waals surface area (Å²) < 4.78 is 15.9. The standard InChI is InChI=1S/C22H17N3O5S/c26-20(23-10-15-2-1-7-28-15)14-5-3-13(4-6-14)11-25-21(27)16-8-18-19(30-12-29-18)9-17(16)24-22(25)31/h1-9,16H,10-12H2,(H,23,26). The molecule has 2 aromatic rings. The lowest BCUT2D eigenvalue weighted by atomic mass is 9.93. The van der Waals surface area contributed by atoms with E-state index in [1.165, 1.54) is 4.90 Å². The number of rotatable bonds is 5. The third-order valence-corrected chi connectivity index (χ3v) is 5.45. The van der Waals surface area contributed by atoms with E-state index in [1.807, 2.05) is 0 Å². The van der Waals surface area contributed by atoms with Gasteiger partial charge in [-0.25, -0.2) is 4.99 Å². The van der Waals surface area contributed by atoms with E-state index in [9.17, 15) is 9.59 Å². The fraction of sp³-hybridized carbons (Fsp3) is 0.182. The zero-order chi connectivity index (χ0) is 21.4. The van der Waals surface area contributed by atoms with Gasteiger partial charge in [0.2, 0.25) is 17.8 Å². The molecule has 1 N–H and O–H groups in total. The number of ether oxygens (including phenoxy) is 2. The van der Waals surface area contributed by atoms with Crippen molar-refractivity contribution in [3.63, 3.8) is 0 Å². The van der Waals surface area contributed by atoms with Crippen LogP contribution < -0.4 is 5.32 Å². The molecule has 0 bridgehead atoms. The molecule has 0 spiro atoms. The van der Waals surface area contributed by atoms with Gasteiger partial charge in [0.1, 0.15) is 11.7 Å². The number of furan rings is 1. The Kier molecular flexibility index (Phi) is 4.87. The van der Waals surface area contributed by atoms with Gasteiger partial charge in [-0.15, -0.1) is 0 Å². The second-order valence-electron chi connectivity index (χ2n) is 7.13. The molecule has 1 atom stereocenters. The average Bonchev–Trinajstić information content (AvgIpc) is 3.46. The Hall–Kier alpha value is -3.72. The highest BCUT2D eigenvalue weighted by Gasteiger charge is 2.38. The smallest absolute Gasteiger partial charge is 0.251 e. The predicted octanol–water partition coefficient (Wildman–Crippen LogP) is 2.68. The van der Waals surface area contributed by atoms with Crippen LogP contribution in [0.4, 0.5) is 0 Å². The van der Waals surface area contributed by atoms with Crippen LogP contribution in [0.25, 0.3) is 0 Å². The molecule has 2 amide bonds. The number of benzene rings is 1. The fourth-order valence-corrected chi connectivity index (χ4v) is 3.77. The number of nitrogens with one attached hydrogen (secondary N) is 1. The van der Waals surface area contributed by atoms with E-state index in [2.05, 4.69) is 10.3 Å². The fourth-order valence-electron chi connectivity index (χ4n) is 3.51. The SMILES string of the molecule is O=C(NCc1ccco1)c1ccc(CN2C(=O)C3C=C4OCOC4=CC3=NC2=S)cc1. The molecule has 1 unspecified atom stereocenters. The van der Waals surface area contributed by atoms with Crippen molar-refractivity contribution in [1.29, 1.82) is 0 Å². The highest BCUT2D eigenvalue weighted by atomic mass is 32.1. The highest BCUT2D eigenvalue weighted by Crippen LogP contribution is 2.31. The highest BCUT2D eigenvalue weighted by molar-refractivity contribution is 7.80. The van der Waals surface area contributed by atoms with Crippen molar-refractivity contribution in [1.82, 2.24) is 10.2 Å². The molecule has 8 nitrogen and oxygen atoms in total. The summed E-state index contributed by atoms with van der Waals surface area (Å²) >= 11 is 5.36. The van der Waals surface area contributed by atoms with Gasteiger partial charge in [-0.3, -0.25) is 14.5 Å². The quantitative estimate of drug-likeness (QED) is 0.726. The second kappa shape index (κ2) is 7.84. The average molecular weight is 435 g/mol. The van der Waals surface area contributed by atoms with Crippen LogP contribution in [0.1, 0.15) is 21.7 Å². The Morgan fingerprint density at radius 2 is 2.00 bits per heavy atom. The molecular weight excluding hydrogens is 418 g/mol. The summed E-state index contributed by atoms with van der Waals surface area (Å²) in [5.74, 6) is 0.857. The summed E-state index contributed by atoms with van der Waals surface area (Å²) in [7, 11) is 0. The lowest BCUT2D eigenvalue weighted by Gasteiger charge is -2.30. The van der Waals surface area contributed by atoms with Crippen molar-refractivity contribution in [2.45, 2.75) is 13.1 Å². The number of aliphatic imine (C=N–C) groups is 1. The number of carbonyl (C=O) groups excluding carboxylic acids is 2. The minimum atomic E-state index is -0.557. The molecule has 1 fully saturated rings. The summed E-state index contributed by atoms with van der Waals surface area (Å²) in [5, 5.41) is 2.99. The van der Waals surface area contributed by atoms with Crippen molar-refractivity contribution in [3.8, 4) is 0 Å². The Morgan fingerprint density at radius 1 is 1.19 bits per heavy atom. The largest absolute Gasteiger partial charge is 0.467 e. The molecule has 9 heteroatoms. The van der Waals surface area contributed by atoms with Crippen LogP contribution in [0.2, 0.25) is 0 Å². The first kappa shape index (κ1) is 19.3. The lowest BCUT2D eigenvalue weighted by Crippen LogP contribution is -2.45. The maximum atomic E-state index is 13.1. The third kappa shape index (κ3) is 3.75. The van der Waals surface area contributed by atoms with E-state index in [1.54, 1.807) is 54.8 Å². The number of amides is 2. The molecule has 3 heterocycles. The lowest BCUT2D eigenvalue weighted by molar-refractivity contribution is -0.129. The number of carbonyl (C=O) groups is 2. The second-order valence-corrected chi connectivity index (χ2v) is 7.49. The summed E-state index contributed by atoms with van der Waals surface area (Å²) in [5.41, 5.74) is 1.90. The summed E-state index contributed by atoms with van der Waals surface area (Å²) in [6.07, 6.45) is 4.97. The van der Waals surface area contributed by atoms with Gasteiger partial charge in [-0.1, -0.05) is 12.1 Å². The van der Waals surface area contributed by atoms with E-state index in [0.717, 1.165) is 5.56 Å². The molecule has 31 heavy (non-hydrogen) atoms. The van der Waals surface area contributed by atoms with Crippen LogP contribution in [0, 0.1) is 5.92 Å². The molecule has 3 aliphatic rings. The Balaban J connectivity index is 1.27. The van der Waals surface area contributed by atoms with Crippen LogP contribution in [0.5, 0.6) is 0 Å². The molecule has 1 aliphatic carbocycles. The molecule has 0 radical (unpaired) electrons. The number of fused-ring (bicyclic) bond motifs is 2. The van der Waals surface area contributed by atoms with E-state index >= 15 is 0 Å². The summed E-state index contributed by atoms with van der Waals surface area (Å²) in [6, 6.07) is 10.6. The van der Waals surface area contributed by atoms with Crippen LogP contribution in [-0.2, 0) is 27.4 Å². The molecule has 2 aliphatic heterocycles. The van der Waals surface area contributed by atoms with Gasteiger partial charge < -0.3 is 19.2 Å². The minimum absolute atomic E-state index is 0.126. The molecule has 1 aromatic carbocycles. The van der Waals surface area contributed by atoms with Gasteiger partial charge in [0, 0.05) is 11.6 Å². The van der Waals surface area contributed by atoms with Gasteiger partial charge >= 0.3 is 0 Å². The topological polar surface area (TPSA) is 93.4 Å². The van der Waals surface area contributed by atoms with Gasteiger partial charge in [0.05, 0.1) is 25.1 Å². The maximum Gasteiger partial charge on any atom is 0.251 e. The van der Waals surface area contributed by atoms with Gasteiger partial charge in [-0.2, -0.15) is 0 Å². The predicted molar refractivity (Wildman–Crippen MR) is 114 cm³/mol. The first-order chi connectivity index (χ1) is 15.1. The van der Waals surface area contributed by atoms with E-state index < -0.39 is 5.92 Å². The monoisotopic (exact) mass is 435 g/mol. The minimum Gasteiger partial charge on any atom is -0.467 e. The number of hydrogen-bond donors (Lipinski definition) is 1. The first-order valence-corrected chi connectivity index (χ1v) is 10.0. The number of allylic oxidation sites excluding steroid dienone is 1. The summed E-state index contributed by atoms with van der Waals surface area (Å²) in [6.45, 7) is 0.698. The van der Waals surface area contributed by atoms with Gasteiger partial charge in [0.25, 0.3) is 5.91 Å². The van der Waals surface area contributed by atoms with Crippen molar-refractivity contribution < 1.29 is 23.5 Å². The zero-order valence-corrected chi connectivity index (χ0v) is 17.1. The van der Waals surface area contributed by atoms with Gasteiger partial charge in [-0.05, 0) is 48.1 Å². The van der Waals surface area contributed by atoms with Crippen LogP contribution in [0.3, 0.4) is 0 Å². The molecule has 5 rings (SSSR count). The summed E-state index contributed by atoms with van der Waals surface area (Å²) in [4.78, 5) is 31.2. The van der Waals surface area contributed by atoms with Crippen molar-refractivity contribution in [3.05, 3.63) is 83.2 Å². The van der Waals surface area contributed by atoms with Crippen LogP contribution in [-0.4, -0.2) is 34.3 Å². The number of nitrogens with zero attached hydrogens (tertiary/aromatic N) is 2. The van der Waals surface area contributed by atoms with Crippen molar-refractivity contribution in [2.24, 2.45) is 10.9 Å². The normalized spacial score (nSPS) is 19.4. The van der Waals surface area contributed by atoms with E-state index in [-0.39, 0.29) is 30.3 Å². The van der Waals surface area contributed by atoms with E-state index in [0.29, 0.717) is 35.1 Å². The molecule has 0 saturated carbocycles. The maximum absolute atomic E-state index is 13.1. The Morgan fingerprint density at radius 3 is 2.77 bits per heavy atom. The van der Waals surface area contributed by atoms with Crippen molar-refractivity contribution in [2.75, 3.05) is 6.79 Å². The molecule has 156 valence electrons. The van der Waals surface area contributed by atoms with E-state index in [4.69, 9.17) is 26.1 Å². The first-order valence-electron chi connectivity index (χ1n) is 9.61. The third-order valence-electron chi connectivity index (χ3n) is 5.14.